The molecular formula is C8H6Cl3NO. The van der Waals surface area contributed by atoms with Gasteiger partial charge in [-0.05, 0) is 12.1 Å². The van der Waals surface area contributed by atoms with Crippen molar-refractivity contribution < 1.29 is 4.79 Å². The summed E-state index contributed by atoms with van der Waals surface area (Å²) in [6, 6.07) is 8.77. The molecule has 1 N–H and O–H groups in total. The topological polar surface area (TPSA) is 29.1 Å². The van der Waals surface area contributed by atoms with Gasteiger partial charge in [0.1, 0.15) is 0 Å². The summed E-state index contributed by atoms with van der Waals surface area (Å²) in [7, 11) is 0. The van der Waals surface area contributed by atoms with Crippen LogP contribution in [0.3, 0.4) is 0 Å². The van der Waals surface area contributed by atoms with Gasteiger partial charge in [0.25, 0.3) is 9.70 Å². The molecule has 0 saturated carbocycles. The zero-order valence-electron chi connectivity index (χ0n) is 6.43. The van der Waals surface area contributed by atoms with Crippen molar-refractivity contribution in [1.29, 1.82) is 0 Å². The summed E-state index contributed by atoms with van der Waals surface area (Å²) in [5, 5.41) is 2.45. The third kappa shape index (κ3) is 3.43. The van der Waals surface area contributed by atoms with E-state index in [1.54, 1.807) is 24.3 Å². The third-order valence-electron chi connectivity index (χ3n) is 1.29. The summed E-state index contributed by atoms with van der Waals surface area (Å²) >= 11 is 16.1. The molecule has 0 spiro atoms. The van der Waals surface area contributed by atoms with Crippen LogP contribution in [-0.4, -0.2) is 9.70 Å². The minimum Gasteiger partial charge on any atom is -0.322 e. The molecule has 0 atom stereocenters. The second kappa shape index (κ2) is 4.18. The Hall–Kier alpha value is -0.440. The zero-order valence-corrected chi connectivity index (χ0v) is 8.70. The maximum absolute atomic E-state index is 11.1. The van der Waals surface area contributed by atoms with Crippen LogP contribution in [0.5, 0.6) is 0 Å². The van der Waals surface area contributed by atoms with Crippen molar-refractivity contribution in [2.45, 2.75) is 3.79 Å². The Labute approximate surface area is 90.8 Å². The number of carbonyl (C=O) groups excluding carboxylic acids is 1. The molecule has 1 amide bonds. The average molecular weight is 239 g/mol. The number of alkyl halides is 3. The fraction of sp³-hybridized carbons (Fsp3) is 0.125. The summed E-state index contributed by atoms with van der Waals surface area (Å²) in [6.07, 6.45) is 0. The first kappa shape index (κ1) is 10.6. The van der Waals surface area contributed by atoms with Crippen LogP contribution in [0.25, 0.3) is 0 Å². The van der Waals surface area contributed by atoms with E-state index in [0.29, 0.717) is 5.69 Å². The Morgan fingerprint density at radius 2 is 1.69 bits per heavy atom. The van der Waals surface area contributed by atoms with Crippen molar-refractivity contribution in [3.8, 4) is 0 Å². The summed E-state index contributed by atoms with van der Waals surface area (Å²) in [4.78, 5) is 11.1. The monoisotopic (exact) mass is 237 g/mol. The Bertz CT molecular complexity index is 294. The normalized spacial score (nSPS) is 11.0. The largest absolute Gasteiger partial charge is 0.322 e. The van der Waals surface area contributed by atoms with Crippen molar-refractivity contribution in [3.63, 3.8) is 0 Å². The highest BCUT2D eigenvalue weighted by Crippen LogP contribution is 2.27. The number of anilines is 1. The summed E-state index contributed by atoms with van der Waals surface area (Å²) < 4.78 is -1.92. The molecule has 0 fully saturated rings. The van der Waals surface area contributed by atoms with Crippen LogP contribution in [0, 0.1) is 0 Å². The highest BCUT2D eigenvalue weighted by molar-refractivity contribution is 6.76. The van der Waals surface area contributed by atoms with Crippen molar-refractivity contribution >= 4 is 46.4 Å². The lowest BCUT2D eigenvalue weighted by Gasteiger charge is -2.10. The maximum Gasteiger partial charge on any atom is 0.276 e. The molecule has 2 nitrogen and oxygen atoms in total. The second-order valence-electron chi connectivity index (χ2n) is 2.32. The highest BCUT2D eigenvalue weighted by atomic mass is 35.6. The van der Waals surface area contributed by atoms with Crippen LogP contribution in [0.2, 0.25) is 0 Å². The number of carbonyl (C=O) groups is 1. The van der Waals surface area contributed by atoms with Crippen LogP contribution >= 0.6 is 34.8 Å². The van der Waals surface area contributed by atoms with Gasteiger partial charge in [0.15, 0.2) is 0 Å². The number of benzene rings is 1. The molecular weight excluding hydrogens is 232 g/mol. The van der Waals surface area contributed by atoms with Gasteiger partial charge in [0.2, 0.25) is 0 Å². The lowest BCUT2D eigenvalue weighted by molar-refractivity contribution is -0.115. The first-order valence-electron chi connectivity index (χ1n) is 3.43. The molecule has 70 valence electrons. The molecule has 0 unspecified atom stereocenters. The smallest absolute Gasteiger partial charge is 0.276 e. The fourth-order valence-corrected chi connectivity index (χ4v) is 0.865. The number of halogens is 3. The van der Waals surface area contributed by atoms with Crippen LogP contribution in [0.15, 0.2) is 30.3 Å². The van der Waals surface area contributed by atoms with Crippen LogP contribution < -0.4 is 5.32 Å². The average Bonchev–Trinajstić information content (AvgIpc) is 2.04. The van der Waals surface area contributed by atoms with Crippen molar-refractivity contribution in [2.75, 3.05) is 5.32 Å². The zero-order chi connectivity index (χ0) is 9.90. The first-order valence-corrected chi connectivity index (χ1v) is 4.57. The lowest BCUT2D eigenvalue weighted by Crippen LogP contribution is -2.26. The third-order valence-corrected chi connectivity index (χ3v) is 1.80. The number of hydrogen-bond acceptors (Lipinski definition) is 1. The van der Waals surface area contributed by atoms with E-state index in [9.17, 15) is 4.79 Å². The molecule has 0 bridgehead atoms. The Morgan fingerprint density at radius 3 is 2.15 bits per heavy atom. The number of hydrogen-bond donors (Lipinski definition) is 1. The summed E-state index contributed by atoms with van der Waals surface area (Å²) in [6.45, 7) is 0. The number of para-hydroxylation sites is 1. The minimum absolute atomic E-state index is 0.596. The molecule has 5 heteroatoms. The van der Waals surface area contributed by atoms with E-state index in [4.69, 9.17) is 34.8 Å². The molecule has 0 aliphatic rings. The molecule has 0 aliphatic heterocycles. The van der Waals surface area contributed by atoms with Crippen LogP contribution in [-0.2, 0) is 4.79 Å². The Kier molecular flexibility index (Phi) is 3.42. The van der Waals surface area contributed by atoms with E-state index in [0.717, 1.165) is 0 Å². The molecule has 1 aromatic carbocycles. The van der Waals surface area contributed by atoms with Gasteiger partial charge in [-0.2, -0.15) is 0 Å². The van der Waals surface area contributed by atoms with Crippen molar-refractivity contribution in [3.05, 3.63) is 30.3 Å². The van der Waals surface area contributed by atoms with Crippen LogP contribution in [0.4, 0.5) is 5.69 Å². The van der Waals surface area contributed by atoms with Gasteiger partial charge in [-0.25, -0.2) is 0 Å². The van der Waals surface area contributed by atoms with Gasteiger partial charge in [0.05, 0.1) is 0 Å². The van der Waals surface area contributed by atoms with E-state index in [1.807, 2.05) is 6.07 Å². The van der Waals surface area contributed by atoms with Gasteiger partial charge in [-0.1, -0.05) is 53.0 Å². The SMILES string of the molecule is O=C(Nc1ccccc1)C(Cl)(Cl)Cl. The molecule has 0 aromatic heterocycles. The predicted molar refractivity (Wildman–Crippen MR) is 55.4 cm³/mol. The van der Waals surface area contributed by atoms with E-state index in [-0.39, 0.29) is 0 Å². The van der Waals surface area contributed by atoms with E-state index in [1.165, 1.54) is 0 Å². The van der Waals surface area contributed by atoms with Gasteiger partial charge in [-0.3, -0.25) is 4.79 Å². The fourth-order valence-electron chi connectivity index (χ4n) is 0.723. The maximum atomic E-state index is 11.1. The minimum atomic E-state index is -1.92. The highest BCUT2D eigenvalue weighted by Gasteiger charge is 2.30. The molecule has 0 heterocycles. The molecule has 13 heavy (non-hydrogen) atoms. The summed E-state index contributed by atoms with van der Waals surface area (Å²) in [5.74, 6) is -0.663. The molecule has 0 saturated heterocycles. The Morgan fingerprint density at radius 1 is 1.15 bits per heavy atom. The number of nitrogens with one attached hydrogen (secondary N) is 1. The quantitative estimate of drug-likeness (QED) is 0.749. The van der Waals surface area contributed by atoms with Crippen LogP contribution in [0.1, 0.15) is 0 Å². The molecule has 0 radical (unpaired) electrons. The predicted octanol–water partition coefficient (Wildman–Crippen LogP) is 3.00. The lowest BCUT2D eigenvalue weighted by atomic mass is 10.3. The molecule has 0 aliphatic carbocycles. The van der Waals surface area contributed by atoms with E-state index in [2.05, 4.69) is 5.32 Å². The van der Waals surface area contributed by atoms with Gasteiger partial charge in [0, 0.05) is 5.69 Å². The van der Waals surface area contributed by atoms with Gasteiger partial charge < -0.3 is 5.32 Å². The van der Waals surface area contributed by atoms with E-state index >= 15 is 0 Å². The van der Waals surface area contributed by atoms with E-state index < -0.39 is 9.70 Å². The number of amides is 1. The Balaban J connectivity index is 2.66. The van der Waals surface area contributed by atoms with Crippen molar-refractivity contribution in [2.24, 2.45) is 0 Å². The molecule has 1 rings (SSSR count). The van der Waals surface area contributed by atoms with Crippen molar-refractivity contribution in [1.82, 2.24) is 0 Å². The molecule has 1 aromatic rings. The second-order valence-corrected chi connectivity index (χ2v) is 4.60. The van der Waals surface area contributed by atoms with Gasteiger partial charge in [-0.15, -0.1) is 0 Å². The van der Waals surface area contributed by atoms with Gasteiger partial charge >= 0.3 is 0 Å². The first-order chi connectivity index (χ1) is 6.00. The standard InChI is InChI=1S/C8H6Cl3NO/c9-8(10,11)7(13)12-6-4-2-1-3-5-6/h1-5H,(H,12,13). The summed E-state index contributed by atoms with van der Waals surface area (Å²) in [5.41, 5.74) is 0.596. The number of rotatable bonds is 1.